The van der Waals surface area contributed by atoms with Crippen molar-refractivity contribution < 1.29 is 19.1 Å². The molecule has 28 heavy (non-hydrogen) atoms. The molecule has 1 amide bonds. The van der Waals surface area contributed by atoms with Crippen LogP contribution in [0.3, 0.4) is 0 Å². The molecule has 1 unspecified atom stereocenters. The van der Waals surface area contributed by atoms with Crippen LogP contribution in [0, 0.1) is 0 Å². The number of methoxy groups -OCH3 is 1. The number of nitrogens with zero attached hydrogens (tertiary/aromatic N) is 1. The molecule has 1 atom stereocenters. The Hall–Kier alpha value is -2.31. The standard InChI is InChI=1S/C22H25NO4S/c1-4-27-21(25)23-13-12-22(15-23,26-3)18-6-5-7-20(14-18)28-19-10-8-17(9-11-19)16(2)24/h5-11,14H,4,12-13,15H2,1-3H3. The molecular weight excluding hydrogens is 374 g/mol. The van der Waals surface area contributed by atoms with E-state index in [-0.39, 0.29) is 11.9 Å². The Kier molecular flexibility index (Phi) is 6.42. The van der Waals surface area contributed by atoms with Gasteiger partial charge in [-0.25, -0.2) is 4.79 Å². The largest absolute Gasteiger partial charge is 0.450 e. The van der Waals surface area contributed by atoms with Crippen molar-refractivity contribution in [2.24, 2.45) is 0 Å². The van der Waals surface area contributed by atoms with Crippen molar-refractivity contribution in [2.45, 2.75) is 35.7 Å². The van der Waals surface area contributed by atoms with Crippen LogP contribution in [0.15, 0.2) is 58.3 Å². The molecule has 1 aliphatic rings. The van der Waals surface area contributed by atoms with Crippen molar-refractivity contribution in [3.63, 3.8) is 0 Å². The van der Waals surface area contributed by atoms with Gasteiger partial charge in [0.15, 0.2) is 5.78 Å². The van der Waals surface area contributed by atoms with Gasteiger partial charge >= 0.3 is 6.09 Å². The van der Waals surface area contributed by atoms with Gasteiger partial charge in [-0.05, 0) is 43.7 Å². The highest BCUT2D eigenvalue weighted by molar-refractivity contribution is 7.99. The molecular formula is C22H25NO4S. The maximum absolute atomic E-state index is 12.1. The summed E-state index contributed by atoms with van der Waals surface area (Å²) >= 11 is 1.63. The zero-order valence-corrected chi connectivity index (χ0v) is 17.3. The molecule has 6 heteroatoms. The number of carbonyl (C=O) groups is 2. The second-order valence-electron chi connectivity index (χ2n) is 6.78. The van der Waals surface area contributed by atoms with E-state index in [2.05, 4.69) is 12.1 Å². The number of Topliss-reactive ketones (excluding diaryl/α,β-unsaturated/α-hetero) is 1. The number of rotatable bonds is 6. The molecule has 0 bridgehead atoms. The third kappa shape index (κ3) is 4.39. The summed E-state index contributed by atoms with van der Waals surface area (Å²) in [6.45, 7) is 4.82. The maximum Gasteiger partial charge on any atom is 0.409 e. The highest BCUT2D eigenvalue weighted by Gasteiger charge is 2.42. The topological polar surface area (TPSA) is 55.8 Å². The Morgan fingerprint density at radius 3 is 2.54 bits per heavy atom. The molecule has 0 aromatic heterocycles. The minimum atomic E-state index is -0.526. The van der Waals surface area contributed by atoms with Gasteiger partial charge in [-0.2, -0.15) is 0 Å². The monoisotopic (exact) mass is 399 g/mol. The van der Waals surface area contributed by atoms with E-state index in [0.29, 0.717) is 25.3 Å². The van der Waals surface area contributed by atoms with Crippen LogP contribution in [0.25, 0.3) is 0 Å². The summed E-state index contributed by atoms with van der Waals surface area (Å²) in [7, 11) is 1.69. The molecule has 2 aromatic carbocycles. The van der Waals surface area contributed by atoms with E-state index in [1.165, 1.54) is 0 Å². The highest BCUT2D eigenvalue weighted by atomic mass is 32.2. The van der Waals surface area contributed by atoms with Crippen molar-refractivity contribution in [2.75, 3.05) is 26.8 Å². The summed E-state index contributed by atoms with van der Waals surface area (Å²) in [6, 6.07) is 15.8. The van der Waals surface area contributed by atoms with Crippen molar-refractivity contribution in [3.05, 3.63) is 59.7 Å². The summed E-state index contributed by atoms with van der Waals surface area (Å²) < 4.78 is 11.0. The number of amides is 1. The van der Waals surface area contributed by atoms with Crippen LogP contribution in [-0.4, -0.2) is 43.6 Å². The van der Waals surface area contributed by atoms with Gasteiger partial charge in [-0.3, -0.25) is 4.79 Å². The molecule has 0 saturated carbocycles. The van der Waals surface area contributed by atoms with Crippen molar-refractivity contribution >= 4 is 23.6 Å². The van der Waals surface area contributed by atoms with E-state index in [4.69, 9.17) is 9.47 Å². The van der Waals surface area contributed by atoms with Gasteiger partial charge < -0.3 is 14.4 Å². The lowest BCUT2D eigenvalue weighted by Gasteiger charge is -2.28. The number of hydrogen-bond donors (Lipinski definition) is 0. The fourth-order valence-corrected chi connectivity index (χ4v) is 4.29. The number of carbonyl (C=O) groups excluding carboxylic acids is 2. The van der Waals surface area contributed by atoms with Crippen LogP contribution < -0.4 is 0 Å². The van der Waals surface area contributed by atoms with E-state index in [1.807, 2.05) is 36.4 Å². The third-order valence-electron chi connectivity index (χ3n) is 5.01. The first-order chi connectivity index (χ1) is 13.5. The van der Waals surface area contributed by atoms with Gasteiger partial charge in [-0.15, -0.1) is 0 Å². The normalized spacial score (nSPS) is 18.9. The quantitative estimate of drug-likeness (QED) is 0.657. The smallest absolute Gasteiger partial charge is 0.409 e. The molecule has 1 saturated heterocycles. The molecule has 1 heterocycles. The number of ether oxygens (including phenoxy) is 2. The lowest BCUT2D eigenvalue weighted by molar-refractivity contribution is -0.00621. The lowest BCUT2D eigenvalue weighted by Crippen LogP contribution is -2.36. The summed E-state index contributed by atoms with van der Waals surface area (Å²) in [6.07, 6.45) is 0.432. The van der Waals surface area contributed by atoms with E-state index in [9.17, 15) is 9.59 Å². The fourth-order valence-electron chi connectivity index (χ4n) is 3.41. The van der Waals surface area contributed by atoms with Crippen LogP contribution in [0.1, 0.15) is 36.2 Å². The molecule has 0 spiro atoms. The molecule has 2 aromatic rings. The Bertz CT molecular complexity index is 852. The van der Waals surface area contributed by atoms with Crippen LogP contribution in [-0.2, 0) is 15.1 Å². The Morgan fingerprint density at radius 2 is 1.89 bits per heavy atom. The van der Waals surface area contributed by atoms with E-state index < -0.39 is 5.60 Å². The van der Waals surface area contributed by atoms with Crippen LogP contribution in [0.2, 0.25) is 0 Å². The summed E-state index contributed by atoms with van der Waals surface area (Å²) in [5.74, 6) is 0.0629. The van der Waals surface area contributed by atoms with Crippen LogP contribution >= 0.6 is 11.8 Å². The van der Waals surface area contributed by atoms with Gasteiger partial charge in [0.05, 0.1) is 13.2 Å². The van der Waals surface area contributed by atoms with Gasteiger partial charge in [0, 0.05) is 35.4 Å². The molecule has 0 aliphatic carbocycles. The minimum Gasteiger partial charge on any atom is -0.450 e. The van der Waals surface area contributed by atoms with E-state index in [1.54, 1.807) is 37.6 Å². The number of hydrogen-bond acceptors (Lipinski definition) is 5. The first-order valence-electron chi connectivity index (χ1n) is 9.33. The second-order valence-corrected chi connectivity index (χ2v) is 7.93. The Labute approximate surface area is 170 Å². The van der Waals surface area contributed by atoms with Crippen LogP contribution in [0.4, 0.5) is 4.79 Å². The average Bonchev–Trinajstić information content (AvgIpc) is 3.15. The van der Waals surface area contributed by atoms with Gasteiger partial charge in [0.1, 0.15) is 5.60 Å². The molecule has 5 nitrogen and oxygen atoms in total. The van der Waals surface area contributed by atoms with Gasteiger partial charge in [0.2, 0.25) is 0 Å². The molecule has 1 aliphatic heterocycles. The van der Waals surface area contributed by atoms with E-state index >= 15 is 0 Å². The fraction of sp³-hybridized carbons (Fsp3) is 0.364. The molecule has 0 N–H and O–H groups in total. The molecule has 1 fully saturated rings. The second kappa shape index (κ2) is 8.80. The lowest BCUT2D eigenvalue weighted by atomic mass is 9.93. The van der Waals surface area contributed by atoms with Gasteiger partial charge in [-0.1, -0.05) is 36.0 Å². The third-order valence-corrected chi connectivity index (χ3v) is 6.00. The van der Waals surface area contributed by atoms with Crippen molar-refractivity contribution in [1.82, 2.24) is 4.90 Å². The summed E-state index contributed by atoms with van der Waals surface area (Å²) in [4.78, 5) is 27.4. The minimum absolute atomic E-state index is 0.0629. The number of likely N-dealkylation sites (tertiary alicyclic amines) is 1. The molecule has 3 rings (SSSR count). The molecule has 148 valence electrons. The Balaban J connectivity index is 1.78. The van der Waals surface area contributed by atoms with Crippen LogP contribution in [0.5, 0.6) is 0 Å². The molecule has 0 radical (unpaired) electrons. The highest BCUT2D eigenvalue weighted by Crippen LogP contribution is 2.38. The maximum atomic E-state index is 12.1. The average molecular weight is 400 g/mol. The first kappa shape index (κ1) is 20.4. The predicted molar refractivity (Wildman–Crippen MR) is 109 cm³/mol. The first-order valence-corrected chi connectivity index (χ1v) is 10.2. The zero-order chi connectivity index (χ0) is 20.1. The van der Waals surface area contributed by atoms with Gasteiger partial charge in [0.25, 0.3) is 0 Å². The van der Waals surface area contributed by atoms with Crippen molar-refractivity contribution in [3.8, 4) is 0 Å². The summed E-state index contributed by atoms with van der Waals surface area (Å²) in [5, 5.41) is 0. The SMILES string of the molecule is CCOC(=O)N1CCC(OC)(c2cccc(Sc3ccc(C(C)=O)cc3)c2)C1. The predicted octanol–water partition coefficient (Wildman–Crippen LogP) is 4.74. The number of ketones is 1. The zero-order valence-electron chi connectivity index (χ0n) is 16.4. The Morgan fingerprint density at radius 1 is 1.14 bits per heavy atom. The summed E-state index contributed by atoms with van der Waals surface area (Å²) in [5.41, 5.74) is 1.23. The number of benzene rings is 2. The van der Waals surface area contributed by atoms with Crippen molar-refractivity contribution in [1.29, 1.82) is 0 Å². The van der Waals surface area contributed by atoms with E-state index in [0.717, 1.165) is 21.8 Å².